The van der Waals surface area contributed by atoms with Crippen molar-refractivity contribution in [3.05, 3.63) is 35.9 Å². The van der Waals surface area contributed by atoms with Crippen molar-refractivity contribution < 1.29 is 9.59 Å². The summed E-state index contributed by atoms with van der Waals surface area (Å²) >= 11 is 0. The third kappa shape index (κ3) is 6.85. The normalized spacial score (nSPS) is 12.0. The van der Waals surface area contributed by atoms with Gasteiger partial charge in [0.05, 0.1) is 0 Å². The van der Waals surface area contributed by atoms with Crippen molar-refractivity contribution >= 4 is 11.8 Å². The number of rotatable bonds is 9. The molecule has 0 saturated carbocycles. The lowest BCUT2D eigenvalue weighted by Crippen LogP contribution is -2.49. The molecule has 0 saturated heterocycles. The van der Waals surface area contributed by atoms with Crippen LogP contribution in [0.5, 0.6) is 0 Å². The molecular formula is C19H30N2O2. The summed E-state index contributed by atoms with van der Waals surface area (Å²) in [6.07, 6.45) is 2.04. The van der Waals surface area contributed by atoms with E-state index in [2.05, 4.69) is 19.2 Å². The van der Waals surface area contributed by atoms with Gasteiger partial charge < -0.3 is 10.2 Å². The molecule has 1 unspecified atom stereocenters. The monoisotopic (exact) mass is 318 g/mol. The second-order valence-corrected chi connectivity index (χ2v) is 6.39. The van der Waals surface area contributed by atoms with E-state index in [9.17, 15) is 9.59 Å². The maximum Gasteiger partial charge on any atom is 0.242 e. The number of hydrogen-bond acceptors (Lipinski definition) is 2. The average Bonchev–Trinajstić information content (AvgIpc) is 2.53. The lowest BCUT2D eigenvalue weighted by molar-refractivity contribution is -0.140. The van der Waals surface area contributed by atoms with Crippen molar-refractivity contribution in [2.75, 3.05) is 13.1 Å². The fraction of sp³-hybridized carbons (Fsp3) is 0.579. The van der Waals surface area contributed by atoms with Gasteiger partial charge in [0.1, 0.15) is 6.04 Å². The highest BCUT2D eigenvalue weighted by Gasteiger charge is 2.24. The Labute approximate surface area is 140 Å². The minimum atomic E-state index is -0.434. The fourth-order valence-corrected chi connectivity index (χ4v) is 2.38. The van der Waals surface area contributed by atoms with E-state index in [1.807, 2.05) is 44.2 Å². The van der Waals surface area contributed by atoms with E-state index in [0.717, 1.165) is 12.8 Å². The zero-order valence-corrected chi connectivity index (χ0v) is 14.8. The van der Waals surface area contributed by atoms with Crippen molar-refractivity contribution in [1.82, 2.24) is 10.2 Å². The lowest BCUT2D eigenvalue weighted by atomic mass is 10.1. The van der Waals surface area contributed by atoms with E-state index in [1.165, 1.54) is 5.56 Å². The smallest absolute Gasteiger partial charge is 0.242 e. The first-order valence-corrected chi connectivity index (χ1v) is 8.56. The van der Waals surface area contributed by atoms with Gasteiger partial charge >= 0.3 is 0 Å². The van der Waals surface area contributed by atoms with Crippen LogP contribution in [-0.4, -0.2) is 35.8 Å². The number of carbonyl (C=O) groups excluding carboxylic acids is 2. The Kier molecular flexibility index (Phi) is 8.38. The Hall–Kier alpha value is -1.84. The summed E-state index contributed by atoms with van der Waals surface area (Å²) < 4.78 is 0. The molecule has 0 aliphatic carbocycles. The Morgan fingerprint density at radius 1 is 1.13 bits per heavy atom. The molecule has 2 amide bonds. The second-order valence-electron chi connectivity index (χ2n) is 6.39. The van der Waals surface area contributed by atoms with Crippen LogP contribution in [0.2, 0.25) is 0 Å². The molecule has 0 aliphatic heterocycles. The predicted molar refractivity (Wildman–Crippen MR) is 94.1 cm³/mol. The average molecular weight is 318 g/mol. The molecule has 1 N–H and O–H groups in total. The molecule has 4 nitrogen and oxygen atoms in total. The number of nitrogens with zero attached hydrogens (tertiary/aromatic N) is 1. The number of nitrogens with one attached hydrogen (secondary N) is 1. The molecule has 1 aromatic rings. The van der Waals surface area contributed by atoms with Crippen LogP contribution < -0.4 is 5.32 Å². The third-order valence-electron chi connectivity index (χ3n) is 3.80. The highest BCUT2D eigenvalue weighted by molar-refractivity contribution is 5.87. The van der Waals surface area contributed by atoms with Crippen molar-refractivity contribution in [3.8, 4) is 0 Å². The van der Waals surface area contributed by atoms with Gasteiger partial charge in [-0.2, -0.15) is 0 Å². The Morgan fingerprint density at radius 2 is 1.78 bits per heavy atom. The summed E-state index contributed by atoms with van der Waals surface area (Å²) in [7, 11) is 0. The van der Waals surface area contributed by atoms with Gasteiger partial charge in [0.2, 0.25) is 11.8 Å². The molecule has 1 atom stereocenters. The quantitative estimate of drug-likeness (QED) is 0.761. The summed E-state index contributed by atoms with van der Waals surface area (Å²) in [6.45, 7) is 9.11. The molecule has 23 heavy (non-hydrogen) atoms. The molecular weight excluding hydrogens is 288 g/mol. The Morgan fingerprint density at radius 3 is 2.35 bits per heavy atom. The molecule has 0 heterocycles. The van der Waals surface area contributed by atoms with Crippen LogP contribution >= 0.6 is 0 Å². The van der Waals surface area contributed by atoms with Gasteiger partial charge in [0, 0.05) is 19.5 Å². The highest BCUT2D eigenvalue weighted by Crippen LogP contribution is 2.08. The number of carbonyl (C=O) groups is 2. The highest BCUT2D eigenvalue weighted by atomic mass is 16.2. The molecule has 4 heteroatoms. The molecule has 128 valence electrons. The largest absolute Gasteiger partial charge is 0.354 e. The summed E-state index contributed by atoms with van der Waals surface area (Å²) in [5.74, 6) is 0.377. The first-order valence-electron chi connectivity index (χ1n) is 8.56. The molecule has 0 fully saturated rings. The Bertz CT molecular complexity index is 485. The van der Waals surface area contributed by atoms with Gasteiger partial charge in [0.25, 0.3) is 0 Å². The third-order valence-corrected chi connectivity index (χ3v) is 3.80. The Balaban J connectivity index is 2.70. The SMILES string of the molecule is CCCC(=O)N(CCc1ccccc1)C(C)C(=O)NCC(C)C. The summed E-state index contributed by atoms with van der Waals surface area (Å²) in [4.78, 5) is 26.4. The van der Waals surface area contributed by atoms with Crippen molar-refractivity contribution in [3.63, 3.8) is 0 Å². The van der Waals surface area contributed by atoms with Crippen molar-refractivity contribution in [2.24, 2.45) is 5.92 Å². The van der Waals surface area contributed by atoms with Gasteiger partial charge in [-0.1, -0.05) is 51.1 Å². The topological polar surface area (TPSA) is 49.4 Å². The molecule has 0 spiro atoms. The van der Waals surface area contributed by atoms with E-state index in [0.29, 0.717) is 25.4 Å². The maximum absolute atomic E-state index is 12.4. The van der Waals surface area contributed by atoms with Crippen LogP contribution in [0.25, 0.3) is 0 Å². The van der Waals surface area contributed by atoms with E-state index >= 15 is 0 Å². The minimum absolute atomic E-state index is 0.0515. The van der Waals surface area contributed by atoms with Crippen LogP contribution in [0.4, 0.5) is 0 Å². The summed E-state index contributed by atoms with van der Waals surface area (Å²) in [5.41, 5.74) is 1.18. The van der Waals surface area contributed by atoms with Crippen LogP contribution in [0.3, 0.4) is 0 Å². The maximum atomic E-state index is 12.4. The van der Waals surface area contributed by atoms with Gasteiger partial charge in [-0.25, -0.2) is 0 Å². The number of benzene rings is 1. The molecule has 1 aromatic carbocycles. The minimum Gasteiger partial charge on any atom is -0.354 e. The zero-order valence-electron chi connectivity index (χ0n) is 14.8. The summed E-state index contributed by atoms with van der Waals surface area (Å²) in [5, 5.41) is 2.92. The van der Waals surface area contributed by atoms with Gasteiger partial charge in [-0.3, -0.25) is 9.59 Å². The first-order chi connectivity index (χ1) is 11.0. The number of amides is 2. The molecule has 0 radical (unpaired) electrons. The van der Waals surface area contributed by atoms with Crippen LogP contribution in [-0.2, 0) is 16.0 Å². The zero-order chi connectivity index (χ0) is 17.2. The molecule has 1 rings (SSSR count). The fourth-order valence-electron chi connectivity index (χ4n) is 2.38. The molecule has 0 aromatic heterocycles. The van der Waals surface area contributed by atoms with Gasteiger partial charge in [-0.15, -0.1) is 0 Å². The summed E-state index contributed by atoms with van der Waals surface area (Å²) in [6, 6.07) is 9.62. The van der Waals surface area contributed by atoms with Gasteiger partial charge in [0.15, 0.2) is 0 Å². The van der Waals surface area contributed by atoms with E-state index < -0.39 is 6.04 Å². The van der Waals surface area contributed by atoms with E-state index in [4.69, 9.17) is 0 Å². The lowest BCUT2D eigenvalue weighted by Gasteiger charge is -2.29. The van der Waals surface area contributed by atoms with Crippen molar-refractivity contribution in [1.29, 1.82) is 0 Å². The molecule has 0 bridgehead atoms. The van der Waals surface area contributed by atoms with Gasteiger partial charge in [-0.05, 0) is 31.2 Å². The second kappa shape index (κ2) is 10.0. The standard InChI is InChI=1S/C19H30N2O2/c1-5-9-18(22)21(13-12-17-10-7-6-8-11-17)16(4)19(23)20-14-15(2)3/h6-8,10-11,15-16H,5,9,12-14H2,1-4H3,(H,20,23). The van der Waals surface area contributed by atoms with Crippen LogP contribution in [0.15, 0.2) is 30.3 Å². The van der Waals surface area contributed by atoms with E-state index in [-0.39, 0.29) is 11.8 Å². The predicted octanol–water partition coefficient (Wildman–Crippen LogP) is 3.02. The van der Waals surface area contributed by atoms with Crippen LogP contribution in [0.1, 0.15) is 46.1 Å². The van der Waals surface area contributed by atoms with Crippen molar-refractivity contribution in [2.45, 2.75) is 53.0 Å². The molecule has 0 aliphatic rings. The number of hydrogen-bond donors (Lipinski definition) is 1. The first kappa shape index (κ1) is 19.2. The van der Waals surface area contributed by atoms with Crippen LogP contribution in [0, 0.1) is 5.92 Å². The van der Waals surface area contributed by atoms with E-state index in [1.54, 1.807) is 4.90 Å².